The second-order valence-electron chi connectivity index (χ2n) is 4.97. The van der Waals surface area contributed by atoms with E-state index >= 15 is 0 Å². The predicted molar refractivity (Wildman–Crippen MR) is 85.5 cm³/mol. The van der Waals surface area contributed by atoms with E-state index in [1.54, 1.807) is 18.2 Å². The lowest BCUT2D eigenvalue weighted by Crippen LogP contribution is -2.22. The molecule has 0 saturated carbocycles. The Morgan fingerprint density at radius 1 is 1.10 bits per heavy atom. The number of hydrogen-bond acceptors (Lipinski definition) is 1. The quantitative estimate of drug-likeness (QED) is 0.795. The Hall–Kier alpha value is -1.26. The molecule has 0 amide bonds. The van der Waals surface area contributed by atoms with E-state index in [0.717, 1.165) is 24.2 Å². The second kappa shape index (κ2) is 7.66. The highest BCUT2D eigenvalue weighted by molar-refractivity contribution is 9.10. The fourth-order valence-electron chi connectivity index (χ4n) is 2.33. The molecule has 2 aromatic carbocycles. The first-order chi connectivity index (χ1) is 10.1. The highest BCUT2D eigenvalue weighted by atomic mass is 79.9. The minimum absolute atomic E-state index is 0.170. The van der Waals surface area contributed by atoms with Gasteiger partial charge in [-0.15, -0.1) is 0 Å². The van der Waals surface area contributed by atoms with Gasteiger partial charge in [-0.2, -0.15) is 0 Å². The van der Waals surface area contributed by atoms with E-state index in [1.165, 1.54) is 18.2 Å². The molecule has 0 saturated heterocycles. The summed E-state index contributed by atoms with van der Waals surface area (Å²) in [6.45, 7) is 3.67. The van der Waals surface area contributed by atoms with Crippen molar-refractivity contribution in [1.82, 2.24) is 5.32 Å². The van der Waals surface area contributed by atoms with Crippen LogP contribution in [-0.2, 0) is 6.42 Å². The van der Waals surface area contributed by atoms with Crippen molar-refractivity contribution in [2.75, 3.05) is 13.1 Å². The third-order valence-electron chi connectivity index (χ3n) is 3.48. The third kappa shape index (κ3) is 4.35. The van der Waals surface area contributed by atoms with E-state index in [0.29, 0.717) is 10.9 Å². The van der Waals surface area contributed by atoms with Gasteiger partial charge in [-0.1, -0.05) is 31.2 Å². The molecule has 1 nitrogen and oxygen atoms in total. The minimum Gasteiger partial charge on any atom is -0.316 e. The summed E-state index contributed by atoms with van der Waals surface area (Å²) in [4.78, 5) is 0. The Labute approximate surface area is 132 Å². The summed E-state index contributed by atoms with van der Waals surface area (Å²) in [6.07, 6.45) is 0.691. The standard InChI is InChI=1S/C17H18BrF2N/c1-2-21-11-14(12-6-8-15(19)9-7-12)10-13-4-3-5-16(20)17(13)18/h3-9,14,21H,2,10-11H2,1H3. The van der Waals surface area contributed by atoms with Gasteiger partial charge in [-0.05, 0) is 58.2 Å². The number of nitrogens with one attached hydrogen (secondary N) is 1. The van der Waals surface area contributed by atoms with Gasteiger partial charge in [0.2, 0.25) is 0 Å². The van der Waals surface area contributed by atoms with Crippen molar-refractivity contribution in [2.24, 2.45) is 0 Å². The van der Waals surface area contributed by atoms with Gasteiger partial charge in [0.05, 0.1) is 4.47 Å². The number of likely N-dealkylation sites (N-methyl/N-ethyl adjacent to an activating group) is 1. The molecule has 0 spiro atoms. The van der Waals surface area contributed by atoms with Crippen LogP contribution in [0, 0.1) is 11.6 Å². The molecule has 2 rings (SSSR count). The van der Waals surface area contributed by atoms with Crippen LogP contribution >= 0.6 is 15.9 Å². The van der Waals surface area contributed by atoms with Crippen molar-refractivity contribution in [3.63, 3.8) is 0 Å². The van der Waals surface area contributed by atoms with E-state index in [9.17, 15) is 8.78 Å². The summed E-state index contributed by atoms with van der Waals surface area (Å²) < 4.78 is 27.2. The van der Waals surface area contributed by atoms with Crippen LogP contribution in [0.3, 0.4) is 0 Å². The van der Waals surface area contributed by atoms with Gasteiger partial charge >= 0.3 is 0 Å². The second-order valence-corrected chi connectivity index (χ2v) is 5.77. The fourth-order valence-corrected chi connectivity index (χ4v) is 2.76. The van der Waals surface area contributed by atoms with Crippen molar-refractivity contribution in [1.29, 1.82) is 0 Å². The SMILES string of the molecule is CCNCC(Cc1cccc(F)c1Br)c1ccc(F)cc1. The van der Waals surface area contributed by atoms with Crippen molar-refractivity contribution < 1.29 is 8.78 Å². The number of benzene rings is 2. The van der Waals surface area contributed by atoms with Crippen LogP contribution in [0.15, 0.2) is 46.9 Å². The normalized spacial score (nSPS) is 12.4. The van der Waals surface area contributed by atoms with E-state index in [2.05, 4.69) is 21.2 Å². The first kappa shape index (κ1) is 16.1. The zero-order chi connectivity index (χ0) is 15.2. The molecule has 0 aliphatic carbocycles. The van der Waals surface area contributed by atoms with Crippen molar-refractivity contribution in [3.05, 3.63) is 69.7 Å². The number of halogens is 3. The fraction of sp³-hybridized carbons (Fsp3) is 0.294. The summed E-state index contributed by atoms with van der Waals surface area (Å²) in [6, 6.07) is 11.6. The van der Waals surface area contributed by atoms with Crippen LogP contribution in [0.5, 0.6) is 0 Å². The van der Waals surface area contributed by atoms with E-state index < -0.39 is 0 Å². The summed E-state index contributed by atoms with van der Waals surface area (Å²) in [5, 5.41) is 3.31. The molecule has 0 aliphatic rings. The summed E-state index contributed by atoms with van der Waals surface area (Å²) in [5.74, 6) is -0.328. The zero-order valence-corrected chi connectivity index (χ0v) is 13.5. The molecule has 0 radical (unpaired) electrons. The van der Waals surface area contributed by atoms with Crippen LogP contribution in [0.4, 0.5) is 8.78 Å². The molecule has 0 bridgehead atoms. The lowest BCUT2D eigenvalue weighted by molar-refractivity contribution is 0.582. The molecule has 21 heavy (non-hydrogen) atoms. The Kier molecular flexibility index (Phi) is 5.88. The molecular weight excluding hydrogens is 336 g/mol. The number of hydrogen-bond donors (Lipinski definition) is 1. The van der Waals surface area contributed by atoms with E-state index in [1.807, 2.05) is 13.0 Å². The highest BCUT2D eigenvalue weighted by Gasteiger charge is 2.15. The van der Waals surface area contributed by atoms with Crippen LogP contribution in [0.1, 0.15) is 24.0 Å². The van der Waals surface area contributed by atoms with Crippen LogP contribution in [0.2, 0.25) is 0 Å². The smallest absolute Gasteiger partial charge is 0.137 e. The maximum Gasteiger partial charge on any atom is 0.137 e. The Balaban J connectivity index is 2.23. The zero-order valence-electron chi connectivity index (χ0n) is 11.9. The molecule has 0 fully saturated rings. The third-order valence-corrected chi connectivity index (χ3v) is 4.37. The van der Waals surface area contributed by atoms with Gasteiger partial charge in [0.1, 0.15) is 11.6 Å². The molecule has 4 heteroatoms. The highest BCUT2D eigenvalue weighted by Crippen LogP contribution is 2.27. The molecule has 0 aromatic heterocycles. The van der Waals surface area contributed by atoms with Gasteiger partial charge in [0, 0.05) is 12.5 Å². The van der Waals surface area contributed by atoms with Crippen molar-refractivity contribution >= 4 is 15.9 Å². The summed E-state index contributed by atoms with van der Waals surface area (Å²) in [7, 11) is 0. The average Bonchev–Trinajstić information content (AvgIpc) is 2.49. The molecule has 2 aromatic rings. The molecule has 0 aliphatic heterocycles. The Morgan fingerprint density at radius 3 is 2.48 bits per heavy atom. The first-order valence-corrected chi connectivity index (χ1v) is 7.80. The Morgan fingerprint density at radius 2 is 1.81 bits per heavy atom. The lowest BCUT2D eigenvalue weighted by atomic mass is 9.92. The molecule has 0 heterocycles. The average molecular weight is 354 g/mol. The summed E-state index contributed by atoms with van der Waals surface area (Å²) in [5.41, 5.74) is 1.97. The van der Waals surface area contributed by atoms with Gasteiger partial charge < -0.3 is 5.32 Å². The topological polar surface area (TPSA) is 12.0 Å². The number of rotatable bonds is 6. The van der Waals surface area contributed by atoms with Gasteiger partial charge in [0.25, 0.3) is 0 Å². The predicted octanol–water partition coefficient (Wildman–Crippen LogP) is 4.66. The van der Waals surface area contributed by atoms with E-state index in [4.69, 9.17) is 0 Å². The maximum absolute atomic E-state index is 13.6. The summed E-state index contributed by atoms with van der Waals surface area (Å²) >= 11 is 3.31. The molecule has 1 atom stereocenters. The molecule has 112 valence electrons. The van der Waals surface area contributed by atoms with Crippen LogP contribution in [-0.4, -0.2) is 13.1 Å². The monoisotopic (exact) mass is 353 g/mol. The van der Waals surface area contributed by atoms with Crippen LogP contribution < -0.4 is 5.32 Å². The Bertz CT molecular complexity index is 584. The molecule has 1 N–H and O–H groups in total. The van der Waals surface area contributed by atoms with Gasteiger partial charge in [-0.25, -0.2) is 8.78 Å². The van der Waals surface area contributed by atoms with Crippen molar-refractivity contribution in [3.8, 4) is 0 Å². The van der Waals surface area contributed by atoms with Gasteiger partial charge in [-0.3, -0.25) is 0 Å². The van der Waals surface area contributed by atoms with Crippen LogP contribution in [0.25, 0.3) is 0 Å². The largest absolute Gasteiger partial charge is 0.316 e. The van der Waals surface area contributed by atoms with Crippen molar-refractivity contribution in [2.45, 2.75) is 19.3 Å². The maximum atomic E-state index is 13.6. The lowest BCUT2D eigenvalue weighted by Gasteiger charge is -2.19. The molecule has 1 unspecified atom stereocenters. The first-order valence-electron chi connectivity index (χ1n) is 7.01. The molecular formula is C17H18BrF2N. The minimum atomic E-state index is -0.256. The van der Waals surface area contributed by atoms with Gasteiger partial charge in [0.15, 0.2) is 0 Å². The van der Waals surface area contributed by atoms with E-state index in [-0.39, 0.29) is 17.6 Å².